The van der Waals surface area contributed by atoms with Crippen LogP contribution in [0.3, 0.4) is 0 Å². The topological polar surface area (TPSA) is 57.8 Å². The fraction of sp³-hybridized carbons (Fsp3) is 0.467. The summed E-state index contributed by atoms with van der Waals surface area (Å²) < 4.78 is 0. The molecule has 4 heteroatoms. The SMILES string of the molecule is O=C(CCCc1nc2ccccc2[nH]1)NCC1CC1. The van der Waals surface area contributed by atoms with Crippen molar-refractivity contribution >= 4 is 16.9 Å². The van der Waals surface area contributed by atoms with Crippen LogP contribution in [0.15, 0.2) is 24.3 Å². The number of nitrogens with zero attached hydrogens (tertiary/aromatic N) is 1. The smallest absolute Gasteiger partial charge is 0.220 e. The monoisotopic (exact) mass is 257 g/mol. The van der Waals surface area contributed by atoms with E-state index in [4.69, 9.17) is 0 Å². The van der Waals surface area contributed by atoms with Crippen LogP contribution in [0.5, 0.6) is 0 Å². The molecule has 1 aromatic heterocycles. The first-order chi connectivity index (χ1) is 9.31. The van der Waals surface area contributed by atoms with Gasteiger partial charge in [0.05, 0.1) is 11.0 Å². The largest absolute Gasteiger partial charge is 0.356 e. The molecule has 0 bridgehead atoms. The van der Waals surface area contributed by atoms with Crippen LogP contribution in [0, 0.1) is 5.92 Å². The predicted octanol–water partition coefficient (Wildman–Crippen LogP) is 2.41. The van der Waals surface area contributed by atoms with Crippen molar-refractivity contribution < 1.29 is 4.79 Å². The summed E-state index contributed by atoms with van der Waals surface area (Å²) in [6, 6.07) is 8.00. The summed E-state index contributed by atoms with van der Waals surface area (Å²) in [5.41, 5.74) is 2.06. The number of amides is 1. The Kier molecular flexibility index (Phi) is 3.49. The van der Waals surface area contributed by atoms with Crippen LogP contribution in [0.2, 0.25) is 0 Å². The van der Waals surface area contributed by atoms with Gasteiger partial charge in [0.25, 0.3) is 0 Å². The first-order valence-electron chi connectivity index (χ1n) is 7.01. The molecule has 2 N–H and O–H groups in total. The molecule has 1 heterocycles. The number of nitrogens with one attached hydrogen (secondary N) is 2. The maximum Gasteiger partial charge on any atom is 0.220 e. The van der Waals surface area contributed by atoms with Crippen LogP contribution in [-0.4, -0.2) is 22.4 Å². The van der Waals surface area contributed by atoms with Crippen LogP contribution in [0.4, 0.5) is 0 Å². The third kappa shape index (κ3) is 3.34. The maximum atomic E-state index is 11.6. The Labute approximate surface area is 112 Å². The number of aromatic amines is 1. The van der Waals surface area contributed by atoms with Gasteiger partial charge in [-0.05, 0) is 37.3 Å². The normalized spacial score (nSPS) is 14.7. The zero-order valence-electron chi connectivity index (χ0n) is 11.0. The summed E-state index contributed by atoms with van der Waals surface area (Å²) in [5, 5.41) is 2.99. The molecule has 4 nitrogen and oxygen atoms in total. The second-order valence-electron chi connectivity index (χ2n) is 5.30. The van der Waals surface area contributed by atoms with Gasteiger partial charge in [-0.25, -0.2) is 4.98 Å². The lowest BCUT2D eigenvalue weighted by atomic mass is 10.2. The van der Waals surface area contributed by atoms with Gasteiger partial charge in [-0.1, -0.05) is 12.1 Å². The molecule has 1 saturated carbocycles. The molecule has 1 amide bonds. The van der Waals surface area contributed by atoms with Crippen LogP contribution >= 0.6 is 0 Å². The van der Waals surface area contributed by atoms with Gasteiger partial charge in [0, 0.05) is 19.4 Å². The first-order valence-corrected chi connectivity index (χ1v) is 7.01. The Hall–Kier alpha value is -1.84. The van der Waals surface area contributed by atoms with Crippen molar-refractivity contribution in [2.24, 2.45) is 5.92 Å². The molecule has 0 radical (unpaired) electrons. The third-order valence-corrected chi connectivity index (χ3v) is 3.54. The maximum absolute atomic E-state index is 11.6. The number of aryl methyl sites for hydroxylation is 1. The molecular weight excluding hydrogens is 238 g/mol. The molecule has 0 spiro atoms. The summed E-state index contributed by atoms with van der Waals surface area (Å²) in [4.78, 5) is 19.4. The molecule has 19 heavy (non-hydrogen) atoms. The summed E-state index contributed by atoms with van der Waals surface area (Å²) in [5.74, 6) is 1.89. The first kappa shape index (κ1) is 12.2. The van der Waals surface area contributed by atoms with Crippen LogP contribution in [-0.2, 0) is 11.2 Å². The van der Waals surface area contributed by atoms with E-state index >= 15 is 0 Å². The van der Waals surface area contributed by atoms with Gasteiger partial charge in [0.15, 0.2) is 0 Å². The lowest BCUT2D eigenvalue weighted by molar-refractivity contribution is -0.121. The summed E-state index contributed by atoms with van der Waals surface area (Å²) in [6.07, 6.45) is 4.81. The van der Waals surface area contributed by atoms with Gasteiger partial charge in [0.1, 0.15) is 5.82 Å². The molecule has 2 aromatic rings. The quantitative estimate of drug-likeness (QED) is 0.835. The third-order valence-electron chi connectivity index (χ3n) is 3.54. The zero-order chi connectivity index (χ0) is 13.1. The highest BCUT2D eigenvalue weighted by atomic mass is 16.1. The van der Waals surface area contributed by atoms with Crippen molar-refractivity contribution in [3.63, 3.8) is 0 Å². The van der Waals surface area contributed by atoms with E-state index in [1.165, 1.54) is 12.8 Å². The summed E-state index contributed by atoms with van der Waals surface area (Å²) in [7, 11) is 0. The average Bonchev–Trinajstić information content (AvgIpc) is 3.15. The van der Waals surface area contributed by atoms with E-state index in [1.54, 1.807) is 0 Å². The molecule has 0 unspecified atom stereocenters. The number of carbonyl (C=O) groups excluding carboxylic acids is 1. The minimum absolute atomic E-state index is 0.169. The van der Waals surface area contributed by atoms with Gasteiger partial charge in [0.2, 0.25) is 5.91 Å². The van der Waals surface area contributed by atoms with Gasteiger partial charge in [-0.15, -0.1) is 0 Å². The highest BCUT2D eigenvalue weighted by Crippen LogP contribution is 2.27. The second kappa shape index (κ2) is 5.43. The summed E-state index contributed by atoms with van der Waals surface area (Å²) in [6.45, 7) is 0.865. The van der Waals surface area contributed by atoms with Crippen LogP contribution in [0.25, 0.3) is 11.0 Å². The number of imidazole rings is 1. The highest BCUT2D eigenvalue weighted by Gasteiger charge is 2.21. The second-order valence-corrected chi connectivity index (χ2v) is 5.30. The molecule has 1 fully saturated rings. The average molecular weight is 257 g/mol. The number of H-pyrrole nitrogens is 1. The van der Waals surface area contributed by atoms with Crippen LogP contribution in [0.1, 0.15) is 31.5 Å². The molecule has 100 valence electrons. The van der Waals surface area contributed by atoms with E-state index in [0.717, 1.165) is 42.2 Å². The standard InChI is InChI=1S/C15H19N3O/c19-15(16-10-11-8-9-11)7-3-6-14-17-12-4-1-2-5-13(12)18-14/h1-2,4-5,11H,3,6-10H2,(H,16,19)(H,17,18). The Bertz CT molecular complexity index is 539. The van der Waals surface area contributed by atoms with Crippen molar-refractivity contribution in [2.75, 3.05) is 6.54 Å². The number of hydrogen-bond acceptors (Lipinski definition) is 2. The van der Waals surface area contributed by atoms with Crippen molar-refractivity contribution in [3.05, 3.63) is 30.1 Å². The molecule has 1 aliphatic rings. The number of aromatic nitrogens is 2. The molecule has 1 aromatic carbocycles. The van der Waals surface area contributed by atoms with E-state index in [2.05, 4.69) is 15.3 Å². The zero-order valence-corrected chi connectivity index (χ0v) is 11.0. The van der Waals surface area contributed by atoms with E-state index < -0.39 is 0 Å². The number of para-hydroxylation sites is 2. The number of hydrogen-bond donors (Lipinski definition) is 2. The minimum atomic E-state index is 0.169. The van der Waals surface area contributed by atoms with Gasteiger partial charge in [-0.3, -0.25) is 4.79 Å². The lowest BCUT2D eigenvalue weighted by Gasteiger charge is -2.02. The Balaban J connectivity index is 1.44. The van der Waals surface area contributed by atoms with Crippen molar-refractivity contribution in [3.8, 4) is 0 Å². The Morgan fingerprint density at radius 2 is 2.21 bits per heavy atom. The number of benzene rings is 1. The molecule has 0 aliphatic heterocycles. The van der Waals surface area contributed by atoms with Gasteiger partial charge in [-0.2, -0.15) is 0 Å². The van der Waals surface area contributed by atoms with E-state index in [-0.39, 0.29) is 5.91 Å². The van der Waals surface area contributed by atoms with Gasteiger partial charge < -0.3 is 10.3 Å². The number of fused-ring (bicyclic) bond motifs is 1. The van der Waals surface area contributed by atoms with Crippen molar-refractivity contribution in [1.29, 1.82) is 0 Å². The van der Waals surface area contributed by atoms with E-state index in [1.807, 2.05) is 24.3 Å². The lowest BCUT2D eigenvalue weighted by Crippen LogP contribution is -2.25. The molecule has 0 atom stereocenters. The molecule has 0 saturated heterocycles. The Morgan fingerprint density at radius 1 is 1.37 bits per heavy atom. The molecule has 1 aliphatic carbocycles. The van der Waals surface area contributed by atoms with Crippen molar-refractivity contribution in [2.45, 2.75) is 32.1 Å². The summed E-state index contributed by atoms with van der Waals surface area (Å²) >= 11 is 0. The van der Waals surface area contributed by atoms with E-state index in [0.29, 0.717) is 6.42 Å². The number of rotatable bonds is 6. The Morgan fingerprint density at radius 3 is 3.00 bits per heavy atom. The highest BCUT2D eigenvalue weighted by molar-refractivity contribution is 5.76. The molecular formula is C15H19N3O. The fourth-order valence-electron chi connectivity index (χ4n) is 2.21. The minimum Gasteiger partial charge on any atom is -0.356 e. The van der Waals surface area contributed by atoms with E-state index in [9.17, 15) is 4.79 Å². The van der Waals surface area contributed by atoms with Crippen LogP contribution < -0.4 is 5.32 Å². The van der Waals surface area contributed by atoms with Gasteiger partial charge >= 0.3 is 0 Å². The molecule has 3 rings (SSSR count). The fourth-order valence-corrected chi connectivity index (χ4v) is 2.21. The predicted molar refractivity (Wildman–Crippen MR) is 74.8 cm³/mol. The number of carbonyl (C=O) groups is 1. The van der Waals surface area contributed by atoms with Crippen molar-refractivity contribution in [1.82, 2.24) is 15.3 Å².